The third-order valence-corrected chi connectivity index (χ3v) is 6.34. The first-order valence-electron chi connectivity index (χ1n) is 11.3. The topological polar surface area (TPSA) is 122 Å². The van der Waals surface area contributed by atoms with Gasteiger partial charge in [0.25, 0.3) is 5.91 Å². The molecule has 0 aliphatic heterocycles. The van der Waals surface area contributed by atoms with Crippen molar-refractivity contribution < 1.29 is 18.7 Å². The second kappa shape index (κ2) is 11.3. The average Bonchev–Trinajstić information content (AvgIpc) is 3.62. The van der Waals surface area contributed by atoms with Gasteiger partial charge in [0, 0.05) is 29.9 Å². The minimum Gasteiger partial charge on any atom is -0.397 e. The molecule has 0 bridgehead atoms. The van der Waals surface area contributed by atoms with E-state index in [1.165, 1.54) is 11.3 Å². The van der Waals surface area contributed by atoms with Gasteiger partial charge in [0.1, 0.15) is 22.1 Å². The minimum absolute atomic E-state index is 0.0891. The molecule has 0 unspecified atom stereocenters. The third kappa shape index (κ3) is 5.77. The highest BCUT2D eigenvalue weighted by molar-refractivity contribution is 7.13. The number of anilines is 1. The van der Waals surface area contributed by atoms with E-state index in [1.54, 1.807) is 35.6 Å². The second-order valence-corrected chi connectivity index (χ2v) is 8.78. The molecule has 184 valence electrons. The monoisotopic (exact) mass is 501 g/mol. The number of hydrogen-bond donors (Lipinski definition) is 3. The molecule has 0 atom stereocenters. The molecule has 4 heterocycles. The maximum atomic E-state index is 14.5. The van der Waals surface area contributed by atoms with Crippen LogP contribution in [0.5, 0.6) is 0 Å². The Morgan fingerprint density at radius 3 is 2.71 bits per heavy atom. The molecule has 1 amide bonds. The molecule has 1 fully saturated rings. The van der Waals surface area contributed by atoms with Crippen LogP contribution in [0.2, 0.25) is 0 Å². The quantitative estimate of drug-likeness (QED) is 0.337. The van der Waals surface area contributed by atoms with E-state index in [4.69, 9.17) is 5.11 Å². The van der Waals surface area contributed by atoms with Gasteiger partial charge in [0.05, 0.1) is 17.9 Å². The Morgan fingerprint density at radius 2 is 2.00 bits per heavy atom. The molecule has 4 aromatic heterocycles. The first-order chi connectivity index (χ1) is 17.0. The van der Waals surface area contributed by atoms with E-state index < -0.39 is 17.7 Å². The van der Waals surface area contributed by atoms with Crippen LogP contribution in [0.25, 0.3) is 22.0 Å². The summed E-state index contributed by atoms with van der Waals surface area (Å²) in [6, 6.07) is 2.08. The molecule has 0 aromatic carbocycles. The normalized spacial score (nSPS) is 13.8. The van der Waals surface area contributed by atoms with Gasteiger partial charge in [-0.3, -0.25) is 14.6 Å². The van der Waals surface area contributed by atoms with Crippen molar-refractivity contribution in [3.05, 3.63) is 53.6 Å². The van der Waals surface area contributed by atoms with Crippen LogP contribution in [0.3, 0.4) is 0 Å². The molecule has 1 saturated carbocycles. The Kier molecular flexibility index (Phi) is 7.93. The zero-order chi connectivity index (χ0) is 24.8. The van der Waals surface area contributed by atoms with Crippen molar-refractivity contribution in [2.45, 2.75) is 45.1 Å². The fourth-order valence-corrected chi connectivity index (χ4v) is 4.62. The standard InChI is InChI=1S/C21H19F2N7OS.C2H6O/c22-14-6-7-17(23)28-18(14)19-15(10-30(29-19)13-4-2-1-3-5-13)26-20(31)16-11-32-21(27-16)12-8-24-25-9-12;1-2-3/h6-11,13H,1-5H2,(H,24,25)(H,26,31);3H,2H2,1H3. The summed E-state index contributed by atoms with van der Waals surface area (Å²) in [5.74, 6) is -2.01. The number of rotatable bonds is 5. The molecule has 35 heavy (non-hydrogen) atoms. The summed E-state index contributed by atoms with van der Waals surface area (Å²) in [6.07, 6.45) is 10.2. The van der Waals surface area contributed by atoms with Crippen molar-refractivity contribution in [1.29, 1.82) is 0 Å². The van der Waals surface area contributed by atoms with E-state index in [1.807, 2.05) is 0 Å². The number of H-pyrrole nitrogens is 1. The number of aromatic nitrogens is 6. The number of halogens is 2. The van der Waals surface area contributed by atoms with Gasteiger partial charge in [-0.15, -0.1) is 11.3 Å². The summed E-state index contributed by atoms with van der Waals surface area (Å²) in [5, 5.41) is 23.7. The Labute approximate surface area is 204 Å². The van der Waals surface area contributed by atoms with E-state index in [0.29, 0.717) is 5.01 Å². The summed E-state index contributed by atoms with van der Waals surface area (Å²) in [5.41, 5.74) is 1.08. The van der Waals surface area contributed by atoms with Gasteiger partial charge >= 0.3 is 0 Å². The van der Waals surface area contributed by atoms with Crippen LogP contribution in [0.15, 0.2) is 36.1 Å². The lowest BCUT2D eigenvalue weighted by molar-refractivity contribution is 0.102. The highest BCUT2D eigenvalue weighted by Gasteiger charge is 2.24. The number of aliphatic hydroxyl groups excluding tert-OH is 1. The molecule has 9 nitrogen and oxygen atoms in total. The van der Waals surface area contributed by atoms with Crippen molar-refractivity contribution in [1.82, 2.24) is 29.9 Å². The molecule has 1 aliphatic rings. The van der Waals surface area contributed by atoms with E-state index >= 15 is 0 Å². The first-order valence-corrected chi connectivity index (χ1v) is 12.2. The molecule has 3 N–H and O–H groups in total. The fourth-order valence-electron chi connectivity index (χ4n) is 3.84. The van der Waals surface area contributed by atoms with Crippen LogP contribution in [0.1, 0.15) is 55.6 Å². The van der Waals surface area contributed by atoms with Crippen molar-refractivity contribution in [2.24, 2.45) is 0 Å². The summed E-state index contributed by atoms with van der Waals surface area (Å²) in [7, 11) is 0. The van der Waals surface area contributed by atoms with Crippen molar-refractivity contribution in [3.63, 3.8) is 0 Å². The number of thiazole rings is 1. The second-order valence-electron chi connectivity index (χ2n) is 7.92. The lowest BCUT2D eigenvalue weighted by atomic mass is 9.96. The van der Waals surface area contributed by atoms with Crippen LogP contribution < -0.4 is 5.32 Å². The van der Waals surface area contributed by atoms with Gasteiger partial charge in [-0.25, -0.2) is 14.4 Å². The summed E-state index contributed by atoms with van der Waals surface area (Å²) >= 11 is 1.30. The Balaban J connectivity index is 0.000000917. The van der Waals surface area contributed by atoms with Crippen LogP contribution in [0.4, 0.5) is 14.5 Å². The number of carbonyl (C=O) groups excluding carboxylic acids is 1. The Bertz CT molecular complexity index is 1270. The van der Waals surface area contributed by atoms with Gasteiger partial charge in [0.2, 0.25) is 5.95 Å². The van der Waals surface area contributed by atoms with Gasteiger partial charge in [-0.2, -0.15) is 14.6 Å². The number of aliphatic hydroxyl groups is 1. The number of nitrogens with one attached hydrogen (secondary N) is 2. The average molecular weight is 502 g/mol. The molecule has 0 radical (unpaired) electrons. The minimum atomic E-state index is -0.824. The van der Waals surface area contributed by atoms with E-state index in [0.717, 1.165) is 49.8 Å². The maximum Gasteiger partial charge on any atom is 0.275 e. The summed E-state index contributed by atoms with van der Waals surface area (Å²) in [4.78, 5) is 20.9. The maximum absolute atomic E-state index is 14.5. The van der Waals surface area contributed by atoms with E-state index in [9.17, 15) is 13.6 Å². The molecule has 0 spiro atoms. The van der Waals surface area contributed by atoms with E-state index in [2.05, 4.69) is 30.6 Å². The largest absolute Gasteiger partial charge is 0.397 e. The lowest BCUT2D eigenvalue weighted by Crippen LogP contribution is -2.14. The number of pyridine rings is 1. The number of amides is 1. The zero-order valence-electron chi connectivity index (χ0n) is 19.0. The van der Waals surface area contributed by atoms with Crippen molar-refractivity contribution in [3.8, 4) is 22.0 Å². The van der Waals surface area contributed by atoms with Crippen LogP contribution >= 0.6 is 11.3 Å². The molecular formula is C23H25F2N7O2S. The summed E-state index contributed by atoms with van der Waals surface area (Å²) < 4.78 is 30.0. The van der Waals surface area contributed by atoms with Gasteiger partial charge in [-0.1, -0.05) is 19.3 Å². The number of carbonyl (C=O) groups is 1. The summed E-state index contributed by atoms with van der Waals surface area (Å²) in [6.45, 7) is 1.93. The Morgan fingerprint density at radius 1 is 1.23 bits per heavy atom. The number of hydrogen-bond acceptors (Lipinski definition) is 7. The molecule has 12 heteroatoms. The van der Waals surface area contributed by atoms with Crippen molar-refractivity contribution >= 4 is 22.9 Å². The smallest absolute Gasteiger partial charge is 0.275 e. The van der Waals surface area contributed by atoms with Crippen LogP contribution in [0, 0.1) is 11.8 Å². The Hall–Kier alpha value is -3.51. The predicted molar refractivity (Wildman–Crippen MR) is 128 cm³/mol. The molecular weight excluding hydrogens is 476 g/mol. The predicted octanol–water partition coefficient (Wildman–Crippen LogP) is 4.83. The lowest BCUT2D eigenvalue weighted by Gasteiger charge is -2.21. The highest BCUT2D eigenvalue weighted by Crippen LogP contribution is 2.33. The van der Waals surface area contributed by atoms with Crippen LogP contribution in [-0.2, 0) is 0 Å². The molecule has 0 saturated heterocycles. The fraction of sp³-hybridized carbons (Fsp3) is 0.348. The molecule has 5 rings (SSSR count). The van der Waals surface area contributed by atoms with Gasteiger partial charge in [0.15, 0.2) is 5.82 Å². The number of nitrogens with zero attached hydrogens (tertiary/aromatic N) is 5. The van der Waals surface area contributed by atoms with Gasteiger partial charge in [-0.05, 0) is 31.9 Å². The SMILES string of the molecule is CCO.O=C(Nc1cn(C2CCCCC2)nc1-c1nc(F)ccc1F)c1csc(-c2cn[nH]c2)n1. The number of aromatic amines is 1. The molecule has 4 aromatic rings. The van der Waals surface area contributed by atoms with Crippen molar-refractivity contribution in [2.75, 3.05) is 11.9 Å². The molecule has 1 aliphatic carbocycles. The van der Waals surface area contributed by atoms with E-state index in [-0.39, 0.29) is 35.4 Å². The third-order valence-electron chi connectivity index (χ3n) is 5.45. The first kappa shape index (κ1) is 24.6. The highest BCUT2D eigenvalue weighted by atomic mass is 32.1. The van der Waals surface area contributed by atoms with Gasteiger partial charge < -0.3 is 10.4 Å². The zero-order valence-corrected chi connectivity index (χ0v) is 19.9. The van der Waals surface area contributed by atoms with Crippen LogP contribution in [-0.4, -0.2) is 47.6 Å².